The number of hydrogen-bond acceptors (Lipinski definition) is 5. The Morgan fingerprint density at radius 2 is 2.07 bits per heavy atom. The number of amides is 1. The molecule has 1 aromatic heterocycles. The standard InChI is InChI=1S/C15H11Cl2F3N4O3/c16-9-1-2-12(10(17)7-9)27-8-23-6-3-11(22-23)13(25)24-14(26,4-5-21-24)15(18,19)20/h1-3,5-7,26H,4,8H2. The van der Waals surface area contributed by atoms with Crippen molar-refractivity contribution in [2.24, 2.45) is 5.10 Å². The summed E-state index contributed by atoms with van der Waals surface area (Å²) in [5.74, 6) is -0.896. The third kappa shape index (κ3) is 3.73. The summed E-state index contributed by atoms with van der Waals surface area (Å²) in [6.45, 7) is -0.165. The van der Waals surface area contributed by atoms with Gasteiger partial charge >= 0.3 is 6.18 Å². The van der Waals surface area contributed by atoms with Crippen molar-refractivity contribution in [1.29, 1.82) is 0 Å². The zero-order valence-electron chi connectivity index (χ0n) is 13.3. The van der Waals surface area contributed by atoms with Crippen LogP contribution in [0.25, 0.3) is 0 Å². The summed E-state index contributed by atoms with van der Waals surface area (Å²) in [7, 11) is 0. The van der Waals surface area contributed by atoms with Gasteiger partial charge in [0.05, 0.1) is 5.02 Å². The maximum Gasteiger partial charge on any atom is 0.438 e. The number of ether oxygens (including phenoxy) is 1. The molecule has 0 spiro atoms. The molecule has 27 heavy (non-hydrogen) atoms. The lowest BCUT2D eigenvalue weighted by molar-refractivity contribution is -0.297. The van der Waals surface area contributed by atoms with E-state index in [-0.39, 0.29) is 22.5 Å². The van der Waals surface area contributed by atoms with Crippen molar-refractivity contribution in [3.8, 4) is 5.75 Å². The Labute approximate surface area is 160 Å². The molecule has 0 fully saturated rings. The van der Waals surface area contributed by atoms with E-state index < -0.39 is 24.2 Å². The Balaban J connectivity index is 1.72. The molecule has 2 aromatic rings. The summed E-state index contributed by atoms with van der Waals surface area (Å²) >= 11 is 11.7. The molecule has 1 N–H and O–H groups in total. The first-order valence-electron chi connectivity index (χ1n) is 7.39. The van der Waals surface area contributed by atoms with E-state index in [1.54, 1.807) is 6.07 Å². The molecule has 1 atom stereocenters. The first-order chi connectivity index (χ1) is 12.6. The van der Waals surface area contributed by atoms with Crippen molar-refractivity contribution < 1.29 is 27.8 Å². The van der Waals surface area contributed by atoms with Gasteiger partial charge in [-0.15, -0.1) is 0 Å². The number of aromatic nitrogens is 2. The molecular formula is C15H11Cl2F3N4O3. The molecule has 1 amide bonds. The molecule has 2 heterocycles. The minimum absolute atomic E-state index is 0.0312. The molecule has 1 aliphatic heterocycles. The zero-order chi connectivity index (χ0) is 19.8. The van der Waals surface area contributed by atoms with Crippen LogP contribution < -0.4 is 4.74 Å². The van der Waals surface area contributed by atoms with Gasteiger partial charge in [0.25, 0.3) is 11.6 Å². The summed E-state index contributed by atoms with van der Waals surface area (Å²) < 4.78 is 45.8. The van der Waals surface area contributed by atoms with E-state index in [0.717, 1.165) is 6.21 Å². The lowest BCUT2D eigenvalue weighted by Crippen LogP contribution is -2.56. The van der Waals surface area contributed by atoms with Crippen LogP contribution in [0.5, 0.6) is 5.75 Å². The molecule has 1 aromatic carbocycles. The van der Waals surface area contributed by atoms with Gasteiger partial charge in [0.15, 0.2) is 12.4 Å². The summed E-state index contributed by atoms with van der Waals surface area (Å²) in [4.78, 5) is 12.3. The van der Waals surface area contributed by atoms with Gasteiger partial charge in [-0.05, 0) is 24.3 Å². The summed E-state index contributed by atoms with van der Waals surface area (Å²) in [6, 6.07) is 5.74. The van der Waals surface area contributed by atoms with Crippen LogP contribution in [0.3, 0.4) is 0 Å². The number of alkyl halides is 3. The van der Waals surface area contributed by atoms with Crippen LogP contribution in [0.4, 0.5) is 13.2 Å². The van der Waals surface area contributed by atoms with Crippen molar-refractivity contribution >= 4 is 35.3 Å². The topological polar surface area (TPSA) is 80.0 Å². The Kier molecular flexibility index (Phi) is 5.06. The minimum atomic E-state index is -5.07. The van der Waals surface area contributed by atoms with E-state index in [0.29, 0.717) is 10.8 Å². The van der Waals surface area contributed by atoms with E-state index in [4.69, 9.17) is 27.9 Å². The first kappa shape index (κ1) is 19.5. The van der Waals surface area contributed by atoms with E-state index >= 15 is 0 Å². The molecule has 1 aliphatic rings. The lowest BCUT2D eigenvalue weighted by atomic mass is 10.1. The average molecular weight is 423 g/mol. The molecule has 0 saturated carbocycles. The highest BCUT2D eigenvalue weighted by Gasteiger charge is 2.61. The molecule has 144 valence electrons. The number of carbonyl (C=O) groups is 1. The molecule has 7 nitrogen and oxygen atoms in total. The Morgan fingerprint density at radius 3 is 2.74 bits per heavy atom. The molecular weight excluding hydrogens is 412 g/mol. The van der Waals surface area contributed by atoms with Crippen LogP contribution in [0.15, 0.2) is 35.6 Å². The van der Waals surface area contributed by atoms with E-state index in [1.165, 1.54) is 29.1 Å². The van der Waals surface area contributed by atoms with Crippen LogP contribution in [0, 0.1) is 0 Å². The molecule has 3 rings (SSSR count). The Hall–Kier alpha value is -2.30. The first-order valence-corrected chi connectivity index (χ1v) is 8.15. The van der Waals surface area contributed by atoms with Gasteiger partial charge in [-0.2, -0.15) is 28.4 Å². The SMILES string of the molecule is O=C(c1ccn(COc2ccc(Cl)cc2Cl)n1)N1N=CCC1(O)C(F)(F)F. The third-order valence-corrected chi connectivity index (χ3v) is 4.21. The molecule has 0 radical (unpaired) electrons. The molecule has 0 bridgehead atoms. The normalized spacial score (nSPS) is 19.6. The zero-order valence-corrected chi connectivity index (χ0v) is 14.8. The highest BCUT2D eigenvalue weighted by Crippen LogP contribution is 2.39. The molecule has 0 saturated heterocycles. The molecule has 0 aliphatic carbocycles. The predicted molar refractivity (Wildman–Crippen MR) is 89.6 cm³/mol. The fourth-order valence-corrected chi connectivity index (χ4v) is 2.74. The third-order valence-electron chi connectivity index (χ3n) is 3.68. The predicted octanol–water partition coefficient (Wildman–Crippen LogP) is 3.31. The Bertz CT molecular complexity index is 903. The van der Waals surface area contributed by atoms with E-state index in [1.807, 2.05) is 0 Å². The molecule has 1 unspecified atom stereocenters. The number of benzene rings is 1. The van der Waals surface area contributed by atoms with E-state index in [9.17, 15) is 23.1 Å². The van der Waals surface area contributed by atoms with Gasteiger partial charge < -0.3 is 9.84 Å². The highest BCUT2D eigenvalue weighted by atomic mass is 35.5. The summed E-state index contributed by atoms with van der Waals surface area (Å²) in [5, 5.41) is 17.6. The average Bonchev–Trinajstić information content (AvgIpc) is 3.20. The largest absolute Gasteiger partial charge is 0.470 e. The van der Waals surface area contributed by atoms with Gasteiger partial charge in [0, 0.05) is 23.9 Å². The number of rotatable bonds is 4. The van der Waals surface area contributed by atoms with Crippen molar-refractivity contribution in [3.63, 3.8) is 0 Å². The van der Waals surface area contributed by atoms with Crippen LogP contribution >= 0.6 is 23.2 Å². The van der Waals surface area contributed by atoms with Crippen molar-refractivity contribution in [2.45, 2.75) is 25.1 Å². The fourth-order valence-electron chi connectivity index (χ4n) is 2.27. The quantitative estimate of drug-likeness (QED) is 0.819. The fraction of sp³-hybridized carbons (Fsp3) is 0.267. The van der Waals surface area contributed by atoms with Gasteiger partial charge in [0.1, 0.15) is 5.75 Å². The summed E-state index contributed by atoms with van der Waals surface area (Å²) in [5.41, 5.74) is -3.75. The minimum Gasteiger partial charge on any atom is -0.470 e. The number of halogens is 5. The number of nitrogens with zero attached hydrogens (tertiary/aromatic N) is 4. The van der Waals surface area contributed by atoms with Crippen molar-refractivity contribution in [3.05, 3.63) is 46.2 Å². The second-order valence-electron chi connectivity index (χ2n) is 5.52. The maximum absolute atomic E-state index is 13.1. The number of aliphatic hydroxyl groups is 1. The lowest BCUT2D eigenvalue weighted by Gasteiger charge is -2.32. The van der Waals surface area contributed by atoms with Gasteiger partial charge in [-0.25, -0.2) is 4.68 Å². The van der Waals surface area contributed by atoms with Crippen LogP contribution in [0.1, 0.15) is 16.9 Å². The van der Waals surface area contributed by atoms with Gasteiger partial charge in [-0.1, -0.05) is 23.2 Å². The Morgan fingerprint density at radius 1 is 1.33 bits per heavy atom. The van der Waals surface area contributed by atoms with Gasteiger partial charge in [0.2, 0.25) is 0 Å². The molecule has 12 heteroatoms. The highest BCUT2D eigenvalue weighted by molar-refractivity contribution is 6.35. The van der Waals surface area contributed by atoms with Crippen LogP contribution in [0.2, 0.25) is 10.0 Å². The summed E-state index contributed by atoms with van der Waals surface area (Å²) in [6.07, 6.45) is -3.80. The van der Waals surface area contributed by atoms with Crippen LogP contribution in [-0.4, -0.2) is 43.9 Å². The van der Waals surface area contributed by atoms with Crippen molar-refractivity contribution in [2.75, 3.05) is 0 Å². The van der Waals surface area contributed by atoms with Crippen molar-refractivity contribution in [1.82, 2.24) is 14.8 Å². The number of hydrazone groups is 1. The van der Waals surface area contributed by atoms with E-state index in [2.05, 4.69) is 10.2 Å². The maximum atomic E-state index is 13.1. The van der Waals surface area contributed by atoms with Crippen LogP contribution in [-0.2, 0) is 6.73 Å². The van der Waals surface area contributed by atoms with Gasteiger partial charge in [-0.3, -0.25) is 4.79 Å². The number of hydrogen-bond donors (Lipinski definition) is 1. The monoisotopic (exact) mass is 422 g/mol. The second-order valence-corrected chi connectivity index (χ2v) is 6.37. The smallest absolute Gasteiger partial charge is 0.438 e. The second kappa shape index (κ2) is 7.02. The number of carbonyl (C=O) groups excluding carboxylic acids is 1.